The largest absolute Gasteiger partial charge is 0.481 e. The first-order chi connectivity index (χ1) is 12.9. The van der Waals surface area contributed by atoms with Gasteiger partial charge in [-0.25, -0.2) is 4.39 Å². The van der Waals surface area contributed by atoms with E-state index in [4.69, 9.17) is 37.9 Å². The van der Waals surface area contributed by atoms with Crippen LogP contribution in [0.5, 0.6) is 17.2 Å². The van der Waals surface area contributed by atoms with Gasteiger partial charge in [-0.3, -0.25) is 4.79 Å². The fraction of sp³-hybridized carbons (Fsp3) is 0.100. The van der Waals surface area contributed by atoms with Crippen LogP contribution in [-0.2, 0) is 4.79 Å². The van der Waals surface area contributed by atoms with Gasteiger partial charge >= 0.3 is 0 Å². The second-order valence-corrected chi connectivity index (χ2v) is 6.43. The third-order valence-electron chi connectivity index (χ3n) is 3.80. The summed E-state index contributed by atoms with van der Waals surface area (Å²) in [6.07, 6.45) is -0.827. The molecule has 0 aliphatic rings. The topological polar surface area (TPSA) is 59.3 Å². The normalized spacial score (nSPS) is 11.7. The minimum atomic E-state index is -0.827. The lowest BCUT2D eigenvalue weighted by Gasteiger charge is -2.15. The fourth-order valence-corrected chi connectivity index (χ4v) is 2.80. The Hall–Kier alpha value is -2.81. The third kappa shape index (κ3) is 3.97. The number of benzene rings is 3. The van der Waals surface area contributed by atoms with Gasteiger partial charge < -0.3 is 9.47 Å². The molecular weight excluding hydrogens is 392 g/mol. The molecule has 0 amide bonds. The first-order valence-electron chi connectivity index (χ1n) is 7.85. The third-order valence-corrected chi connectivity index (χ3v) is 4.39. The molecule has 27 heavy (non-hydrogen) atoms. The summed E-state index contributed by atoms with van der Waals surface area (Å²) in [6.45, 7) is 1.54. The molecule has 0 N–H and O–H groups in total. The van der Waals surface area contributed by atoms with Crippen LogP contribution in [0.25, 0.3) is 10.8 Å². The van der Waals surface area contributed by atoms with Gasteiger partial charge in [0.1, 0.15) is 11.5 Å². The predicted octanol–water partition coefficient (Wildman–Crippen LogP) is 5.83. The number of rotatable bonds is 5. The minimum Gasteiger partial charge on any atom is -0.481 e. The molecule has 3 aromatic rings. The summed E-state index contributed by atoms with van der Waals surface area (Å²) in [6, 6.07) is 14.5. The first-order valence-corrected chi connectivity index (χ1v) is 8.61. The van der Waals surface area contributed by atoms with Crippen molar-refractivity contribution >= 4 is 39.2 Å². The summed E-state index contributed by atoms with van der Waals surface area (Å²) in [4.78, 5) is 11.3. The van der Waals surface area contributed by atoms with Crippen LogP contribution in [0.4, 0.5) is 4.39 Å². The number of fused-ring (bicyclic) bond motifs is 1. The Labute approximate surface area is 164 Å². The van der Waals surface area contributed by atoms with Gasteiger partial charge in [0.25, 0.3) is 5.24 Å². The van der Waals surface area contributed by atoms with Crippen molar-refractivity contribution in [1.29, 1.82) is 5.26 Å². The predicted molar refractivity (Wildman–Crippen MR) is 101 cm³/mol. The van der Waals surface area contributed by atoms with Crippen molar-refractivity contribution in [3.8, 4) is 23.3 Å². The molecule has 0 aromatic heterocycles. The second kappa shape index (κ2) is 7.83. The van der Waals surface area contributed by atoms with Crippen LogP contribution in [0.1, 0.15) is 12.5 Å². The molecule has 0 saturated heterocycles. The van der Waals surface area contributed by atoms with Crippen LogP contribution in [0, 0.1) is 17.1 Å². The Morgan fingerprint density at radius 2 is 1.78 bits per heavy atom. The zero-order valence-corrected chi connectivity index (χ0v) is 15.5. The molecule has 3 rings (SSSR count). The molecule has 4 nitrogen and oxygen atoms in total. The molecule has 0 aliphatic heterocycles. The molecule has 0 bridgehead atoms. The number of hydrogen-bond acceptors (Lipinski definition) is 4. The van der Waals surface area contributed by atoms with E-state index in [-0.39, 0.29) is 16.3 Å². The van der Waals surface area contributed by atoms with Gasteiger partial charge in [-0.15, -0.1) is 0 Å². The molecule has 136 valence electrons. The van der Waals surface area contributed by atoms with Gasteiger partial charge in [0.15, 0.2) is 17.7 Å². The van der Waals surface area contributed by atoms with E-state index in [2.05, 4.69) is 0 Å². The van der Waals surface area contributed by atoms with E-state index in [0.29, 0.717) is 22.3 Å². The molecule has 0 fully saturated rings. The van der Waals surface area contributed by atoms with Crippen LogP contribution in [0.2, 0.25) is 5.02 Å². The van der Waals surface area contributed by atoms with Crippen molar-refractivity contribution in [3.05, 3.63) is 64.9 Å². The Morgan fingerprint density at radius 1 is 1.15 bits per heavy atom. The highest BCUT2D eigenvalue weighted by Gasteiger charge is 2.17. The zero-order valence-electron chi connectivity index (χ0n) is 14.0. The second-order valence-electron chi connectivity index (χ2n) is 5.65. The van der Waals surface area contributed by atoms with Crippen LogP contribution < -0.4 is 9.47 Å². The molecule has 0 radical (unpaired) electrons. The fourth-order valence-electron chi connectivity index (χ4n) is 2.51. The number of carbonyl (C=O) groups excluding carboxylic acids is 1. The van der Waals surface area contributed by atoms with Gasteiger partial charge in [0.2, 0.25) is 0 Å². The van der Waals surface area contributed by atoms with Crippen molar-refractivity contribution in [2.45, 2.75) is 13.0 Å². The average Bonchev–Trinajstić information content (AvgIpc) is 2.64. The van der Waals surface area contributed by atoms with Gasteiger partial charge in [0.05, 0.1) is 16.7 Å². The molecule has 0 spiro atoms. The van der Waals surface area contributed by atoms with Crippen molar-refractivity contribution in [3.63, 3.8) is 0 Å². The summed E-state index contributed by atoms with van der Waals surface area (Å²) in [5.74, 6) is -0.150. The Bertz CT molecular complexity index is 1060. The number of nitriles is 1. The first kappa shape index (κ1) is 19.0. The molecule has 0 saturated carbocycles. The maximum atomic E-state index is 14.3. The van der Waals surface area contributed by atoms with E-state index < -0.39 is 17.2 Å². The highest BCUT2D eigenvalue weighted by molar-refractivity contribution is 6.64. The molecular formula is C20H12Cl2FNO3. The number of halogens is 3. The summed E-state index contributed by atoms with van der Waals surface area (Å²) in [7, 11) is 0. The van der Waals surface area contributed by atoms with E-state index in [0.717, 1.165) is 6.07 Å². The molecule has 1 unspecified atom stereocenters. The van der Waals surface area contributed by atoms with Gasteiger partial charge in [-0.1, -0.05) is 35.9 Å². The SMILES string of the molecule is CC(Oc1cccc2c(Oc3c(F)cc(C#N)cc3Cl)cccc12)C(=O)Cl. The van der Waals surface area contributed by atoms with E-state index in [9.17, 15) is 9.18 Å². The summed E-state index contributed by atoms with van der Waals surface area (Å²) < 4.78 is 25.6. The zero-order chi connectivity index (χ0) is 19.6. The number of carbonyl (C=O) groups is 1. The molecule has 0 aliphatic carbocycles. The smallest absolute Gasteiger partial charge is 0.262 e. The van der Waals surface area contributed by atoms with E-state index >= 15 is 0 Å². The van der Waals surface area contributed by atoms with Crippen molar-refractivity contribution < 1.29 is 18.7 Å². The Balaban J connectivity index is 2.04. The van der Waals surface area contributed by atoms with Crippen LogP contribution in [0.3, 0.4) is 0 Å². The summed E-state index contributed by atoms with van der Waals surface area (Å²) in [5.41, 5.74) is 0.0955. The molecule has 0 heterocycles. The van der Waals surface area contributed by atoms with Crippen molar-refractivity contribution in [2.75, 3.05) is 0 Å². The highest BCUT2D eigenvalue weighted by atomic mass is 35.5. The van der Waals surface area contributed by atoms with Gasteiger partial charge in [0, 0.05) is 10.8 Å². The molecule has 7 heteroatoms. The lowest BCUT2D eigenvalue weighted by atomic mass is 10.1. The Kier molecular flexibility index (Phi) is 5.50. The van der Waals surface area contributed by atoms with E-state index in [1.807, 2.05) is 6.07 Å². The van der Waals surface area contributed by atoms with Crippen molar-refractivity contribution in [2.24, 2.45) is 0 Å². The summed E-state index contributed by atoms with van der Waals surface area (Å²) in [5, 5.41) is 9.54. The minimum absolute atomic E-state index is 0.0164. The number of ether oxygens (including phenoxy) is 2. The van der Waals surface area contributed by atoms with Gasteiger partial charge in [-0.2, -0.15) is 5.26 Å². The van der Waals surface area contributed by atoms with Crippen LogP contribution >= 0.6 is 23.2 Å². The van der Waals surface area contributed by atoms with Crippen LogP contribution in [0.15, 0.2) is 48.5 Å². The Morgan fingerprint density at radius 3 is 2.37 bits per heavy atom. The molecule has 1 atom stereocenters. The maximum absolute atomic E-state index is 14.3. The van der Waals surface area contributed by atoms with Crippen molar-refractivity contribution in [1.82, 2.24) is 0 Å². The molecule has 3 aromatic carbocycles. The standard InChI is InChI=1S/C20H12Cl2FNO3/c1-11(20(22)25)26-17-6-2-5-14-13(17)4-3-7-18(14)27-19-15(21)8-12(10-24)9-16(19)23/h2-9,11H,1H3. The van der Waals surface area contributed by atoms with E-state index in [1.165, 1.54) is 6.07 Å². The highest BCUT2D eigenvalue weighted by Crippen LogP contribution is 2.38. The van der Waals surface area contributed by atoms with E-state index in [1.54, 1.807) is 43.3 Å². The quantitative estimate of drug-likeness (QED) is 0.502. The number of nitrogens with zero attached hydrogens (tertiary/aromatic N) is 1. The lowest BCUT2D eigenvalue weighted by molar-refractivity contribution is -0.117. The monoisotopic (exact) mass is 403 g/mol. The average molecular weight is 404 g/mol. The number of hydrogen-bond donors (Lipinski definition) is 0. The lowest BCUT2D eigenvalue weighted by Crippen LogP contribution is -2.18. The maximum Gasteiger partial charge on any atom is 0.262 e. The van der Waals surface area contributed by atoms with Crippen LogP contribution in [-0.4, -0.2) is 11.3 Å². The summed E-state index contributed by atoms with van der Waals surface area (Å²) >= 11 is 11.5. The van der Waals surface area contributed by atoms with Gasteiger partial charge in [-0.05, 0) is 42.8 Å².